The van der Waals surface area contributed by atoms with E-state index in [1.165, 1.54) is 0 Å². The van der Waals surface area contributed by atoms with E-state index >= 15 is 0 Å². The first-order valence-corrected chi connectivity index (χ1v) is 13.3. The number of amides is 2. The third kappa shape index (κ3) is 5.81. The van der Waals surface area contributed by atoms with E-state index in [1.54, 1.807) is 26.8 Å². The number of likely N-dealkylation sites (N-methyl/N-ethyl adjacent to an activating group) is 1. The Labute approximate surface area is 228 Å². The zero-order chi connectivity index (χ0) is 27.7. The molecular formula is C31H35N5O3. The summed E-state index contributed by atoms with van der Waals surface area (Å²) in [5, 5.41) is 14.2. The summed E-state index contributed by atoms with van der Waals surface area (Å²) in [5.74, 6) is -0.0564. The number of fused-ring (bicyclic) bond motifs is 2. The summed E-state index contributed by atoms with van der Waals surface area (Å²) >= 11 is 0. The van der Waals surface area contributed by atoms with E-state index in [0.29, 0.717) is 30.9 Å². The number of piperazine rings is 1. The lowest BCUT2D eigenvalue weighted by molar-refractivity contribution is 0.0562. The van der Waals surface area contributed by atoms with E-state index in [2.05, 4.69) is 41.5 Å². The number of carbonyl (C=O) groups is 2. The molecule has 1 aliphatic rings. The van der Waals surface area contributed by atoms with Crippen molar-refractivity contribution in [1.29, 1.82) is 5.41 Å². The highest BCUT2D eigenvalue weighted by atomic mass is 16.6. The lowest BCUT2D eigenvalue weighted by Gasteiger charge is -2.32. The number of aromatic nitrogens is 1. The highest BCUT2D eigenvalue weighted by Gasteiger charge is 2.25. The molecule has 0 spiro atoms. The van der Waals surface area contributed by atoms with Crippen molar-refractivity contribution in [2.24, 2.45) is 0 Å². The highest BCUT2D eigenvalue weighted by Crippen LogP contribution is 2.27. The minimum Gasteiger partial charge on any atom is -0.444 e. The molecule has 8 nitrogen and oxygen atoms in total. The molecular weight excluding hydrogens is 490 g/mol. The molecule has 0 radical (unpaired) electrons. The normalized spacial score (nSPS) is 14.5. The molecule has 1 aromatic heterocycles. The molecule has 1 aliphatic heterocycles. The highest BCUT2D eigenvalue weighted by molar-refractivity contribution is 6.07. The maximum atomic E-state index is 13.8. The average molecular weight is 526 g/mol. The van der Waals surface area contributed by atoms with Gasteiger partial charge >= 0.3 is 6.09 Å². The first-order chi connectivity index (χ1) is 18.6. The third-order valence-corrected chi connectivity index (χ3v) is 7.04. The van der Waals surface area contributed by atoms with E-state index in [1.807, 2.05) is 45.9 Å². The molecule has 2 heterocycles. The van der Waals surface area contributed by atoms with Crippen LogP contribution in [-0.4, -0.2) is 71.0 Å². The van der Waals surface area contributed by atoms with Gasteiger partial charge in [-0.25, -0.2) is 4.79 Å². The zero-order valence-corrected chi connectivity index (χ0v) is 23.0. The van der Waals surface area contributed by atoms with E-state index in [-0.39, 0.29) is 11.7 Å². The molecule has 2 amide bonds. The van der Waals surface area contributed by atoms with Crippen molar-refractivity contribution in [3.05, 3.63) is 83.6 Å². The third-order valence-electron chi connectivity index (χ3n) is 7.04. The number of ether oxygens (including phenoxy) is 1. The van der Waals surface area contributed by atoms with Gasteiger partial charge in [-0.1, -0.05) is 54.6 Å². The summed E-state index contributed by atoms with van der Waals surface area (Å²) in [6.45, 7) is 8.88. The second kappa shape index (κ2) is 10.5. The first-order valence-electron chi connectivity index (χ1n) is 13.3. The molecule has 0 aliphatic carbocycles. The van der Waals surface area contributed by atoms with Crippen molar-refractivity contribution < 1.29 is 14.3 Å². The maximum absolute atomic E-state index is 13.8. The predicted molar refractivity (Wildman–Crippen MR) is 155 cm³/mol. The van der Waals surface area contributed by atoms with Crippen LogP contribution in [0.5, 0.6) is 0 Å². The molecule has 0 unspecified atom stereocenters. The Hall–Kier alpha value is -4.17. The largest absolute Gasteiger partial charge is 0.444 e. The number of hydrogen-bond donors (Lipinski definition) is 2. The van der Waals surface area contributed by atoms with E-state index < -0.39 is 11.7 Å². The molecule has 0 saturated carbocycles. The summed E-state index contributed by atoms with van der Waals surface area (Å²) in [5.41, 5.74) is 2.41. The van der Waals surface area contributed by atoms with Gasteiger partial charge in [0.05, 0.1) is 0 Å². The number of alkyl carbamates (subject to hydrolysis) is 1. The molecule has 39 heavy (non-hydrogen) atoms. The molecule has 2 N–H and O–H groups in total. The summed E-state index contributed by atoms with van der Waals surface area (Å²) in [7, 11) is 2.07. The number of nitrogens with zero attached hydrogens (tertiary/aromatic N) is 3. The Kier molecular flexibility index (Phi) is 7.14. The topological polar surface area (TPSA) is 90.7 Å². The fourth-order valence-corrected chi connectivity index (χ4v) is 5.01. The van der Waals surface area contributed by atoms with Crippen LogP contribution in [0.2, 0.25) is 0 Å². The fourth-order valence-electron chi connectivity index (χ4n) is 5.01. The van der Waals surface area contributed by atoms with E-state index in [0.717, 1.165) is 40.3 Å². The van der Waals surface area contributed by atoms with Crippen molar-refractivity contribution in [2.75, 3.05) is 33.2 Å². The standard InChI is InChI=1S/C31H35N5O3/c1-31(2,3)39-30(38)33-28(32)23-13-12-22-18-27(29(37)35-16-14-34(4)15-17-35)36(26(22)19-23)20-24-10-7-9-21-8-5-6-11-25(21)24/h5-13,18-19H,14-17,20H2,1-4H3,(H2,32,33,38). The SMILES string of the molecule is CN1CCN(C(=O)c2cc3ccc(C(=N)NC(=O)OC(C)(C)C)cc3n2Cc2cccc3ccccc23)CC1. The number of rotatable bonds is 4. The minimum atomic E-state index is -0.676. The van der Waals surface area contributed by atoms with E-state index in [4.69, 9.17) is 10.1 Å². The van der Waals surface area contributed by atoms with Crippen molar-refractivity contribution in [2.45, 2.75) is 32.9 Å². The van der Waals surface area contributed by atoms with Gasteiger partial charge in [0.15, 0.2) is 0 Å². The lowest BCUT2D eigenvalue weighted by atomic mass is 10.0. The van der Waals surface area contributed by atoms with Gasteiger partial charge < -0.3 is 19.1 Å². The smallest absolute Gasteiger partial charge is 0.413 e. The van der Waals surface area contributed by atoms with Gasteiger partial charge in [-0.3, -0.25) is 15.5 Å². The van der Waals surface area contributed by atoms with Crippen LogP contribution in [-0.2, 0) is 11.3 Å². The Balaban J connectivity index is 1.55. The second-order valence-corrected chi connectivity index (χ2v) is 11.1. The molecule has 8 heteroatoms. The van der Waals surface area contributed by atoms with Crippen LogP contribution in [0.1, 0.15) is 42.4 Å². The summed E-state index contributed by atoms with van der Waals surface area (Å²) in [4.78, 5) is 30.3. The van der Waals surface area contributed by atoms with Crippen LogP contribution in [0.3, 0.4) is 0 Å². The van der Waals surface area contributed by atoms with Gasteiger partial charge in [-0.2, -0.15) is 0 Å². The molecule has 0 atom stereocenters. The Morgan fingerprint density at radius 3 is 2.38 bits per heavy atom. The van der Waals surface area contributed by atoms with Gasteiger partial charge in [0, 0.05) is 49.2 Å². The minimum absolute atomic E-state index is 0.00282. The number of amidine groups is 1. The van der Waals surface area contributed by atoms with Gasteiger partial charge in [0.2, 0.25) is 0 Å². The fraction of sp³-hybridized carbons (Fsp3) is 0.323. The Morgan fingerprint density at radius 2 is 1.64 bits per heavy atom. The summed E-state index contributed by atoms with van der Waals surface area (Å²) in [6, 6.07) is 21.9. The lowest BCUT2D eigenvalue weighted by Crippen LogP contribution is -2.47. The molecule has 202 valence electrons. The average Bonchev–Trinajstić information content (AvgIpc) is 3.25. The molecule has 1 fully saturated rings. The van der Waals surface area contributed by atoms with Crippen LogP contribution >= 0.6 is 0 Å². The van der Waals surface area contributed by atoms with Gasteiger partial charge in [-0.15, -0.1) is 0 Å². The van der Waals surface area contributed by atoms with Crippen LogP contribution in [0.4, 0.5) is 4.79 Å². The molecule has 4 aromatic rings. The molecule has 0 bridgehead atoms. The van der Waals surface area contributed by atoms with Crippen molar-refractivity contribution in [1.82, 2.24) is 19.7 Å². The zero-order valence-electron chi connectivity index (χ0n) is 23.0. The van der Waals surface area contributed by atoms with Crippen molar-refractivity contribution in [3.63, 3.8) is 0 Å². The second-order valence-electron chi connectivity index (χ2n) is 11.1. The van der Waals surface area contributed by atoms with Gasteiger partial charge in [0.1, 0.15) is 17.1 Å². The summed E-state index contributed by atoms with van der Waals surface area (Å²) in [6.07, 6.45) is -0.676. The molecule has 5 rings (SSSR count). The van der Waals surface area contributed by atoms with Gasteiger partial charge in [0.25, 0.3) is 5.91 Å². The quantitative estimate of drug-likeness (QED) is 0.287. The Bertz CT molecular complexity index is 1550. The predicted octanol–water partition coefficient (Wildman–Crippen LogP) is 5.08. The summed E-state index contributed by atoms with van der Waals surface area (Å²) < 4.78 is 7.37. The number of benzene rings is 3. The first kappa shape index (κ1) is 26.4. The van der Waals surface area contributed by atoms with Crippen LogP contribution in [0.15, 0.2) is 66.7 Å². The maximum Gasteiger partial charge on any atom is 0.413 e. The molecule has 1 saturated heterocycles. The Morgan fingerprint density at radius 1 is 0.923 bits per heavy atom. The van der Waals surface area contributed by atoms with Crippen LogP contribution < -0.4 is 5.32 Å². The number of carbonyl (C=O) groups excluding carboxylic acids is 2. The molecule has 3 aromatic carbocycles. The van der Waals surface area contributed by atoms with Crippen LogP contribution in [0.25, 0.3) is 21.7 Å². The van der Waals surface area contributed by atoms with E-state index in [9.17, 15) is 9.59 Å². The monoisotopic (exact) mass is 525 g/mol. The van der Waals surface area contributed by atoms with Crippen molar-refractivity contribution in [3.8, 4) is 0 Å². The number of nitrogens with one attached hydrogen (secondary N) is 2. The number of hydrogen-bond acceptors (Lipinski definition) is 5. The van der Waals surface area contributed by atoms with Crippen molar-refractivity contribution >= 4 is 39.5 Å². The van der Waals surface area contributed by atoms with Gasteiger partial charge in [-0.05, 0) is 56.3 Å². The van der Waals surface area contributed by atoms with Crippen LogP contribution in [0, 0.1) is 5.41 Å².